The van der Waals surface area contributed by atoms with Crippen LogP contribution in [0.25, 0.3) is 10.9 Å². The predicted octanol–water partition coefficient (Wildman–Crippen LogP) is 0.867. The van der Waals surface area contributed by atoms with Crippen molar-refractivity contribution < 1.29 is 4.79 Å². The first kappa shape index (κ1) is 11.8. The van der Waals surface area contributed by atoms with Crippen molar-refractivity contribution >= 4 is 17.2 Å². The Labute approximate surface area is 100 Å². The quantitative estimate of drug-likeness (QED) is 0.713. The molecule has 17 heavy (non-hydrogen) atoms. The molecule has 4 heteroatoms. The van der Waals surface area contributed by atoms with Crippen LogP contribution in [0.5, 0.6) is 0 Å². The summed E-state index contributed by atoms with van der Waals surface area (Å²) >= 11 is 0. The number of aromatic amines is 1. The van der Waals surface area contributed by atoms with E-state index in [4.69, 9.17) is 5.73 Å². The summed E-state index contributed by atoms with van der Waals surface area (Å²) in [5.74, 6) is 0. The number of fused-ring (bicyclic) bond motifs is 1. The van der Waals surface area contributed by atoms with E-state index < -0.39 is 0 Å². The van der Waals surface area contributed by atoms with Crippen molar-refractivity contribution in [2.45, 2.75) is 19.0 Å². The summed E-state index contributed by atoms with van der Waals surface area (Å²) in [6, 6.07) is 5.72. The summed E-state index contributed by atoms with van der Waals surface area (Å²) in [6.45, 7) is 0.497. The maximum absolute atomic E-state index is 10.7. The fraction of sp³-hybridized carbons (Fsp3) is 0.308. The topological polar surface area (TPSA) is 70.9 Å². The molecule has 1 aromatic carbocycles. The Kier molecular flexibility index (Phi) is 3.56. The van der Waals surface area contributed by atoms with E-state index in [1.165, 1.54) is 0 Å². The van der Waals surface area contributed by atoms with Gasteiger partial charge in [-0.1, -0.05) is 12.1 Å². The Morgan fingerprint density at radius 1 is 1.47 bits per heavy atom. The van der Waals surface area contributed by atoms with E-state index in [0.29, 0.717) is 13.0 Å². The van der Waals surface area contributed by atoms with Gasteiger partial charge in [-0.25, -0.2) is 0 Å². The van der Waals surface area contributed by atoms with E-state index in [1.807, 2.05) is 30.7 Å². The van der Waals surface area contributed by atoms with Crippen LogP contribution in [-0.4, -0.2) is 24.4 Å². The van der Waals surface area contributed by atoms with Crippen LogP contribution in [0.1, 0.15) is 11.1 Å². The highest BCUT2D eigenvalue weighted by Crippen LogP contribution is 2.23. The number of nitrogens with one attached hydrogen (secondary N) is 2. The van der Waals surface area contributed by atoms with Gasteiger partial charge in [-0.05, 0) is 30.7 Å². The van der Waals surface area contributed by atoms with Gasteiger partial charge in [0.25, 0.3) is 0 Å². The first-order valence-electron chi connectivity index (χ1n) is 5.63. The number of hydrogen-bond donors (Lipinski definition) is 3. The number of aromatic nitrogens is 1. The molecule has 1 heterocycles. The van der Waals surface area contributed by atoms with Gasteiger partial charge in [0.15, 0.2) is 0 Å². The van der Waals surface area contributed by atoms with Gasteiger partial charge in [-0.15, -0.1) is 0 Å². The van der Waals surface area contributed by atoms with Crippen molar-refractivity contribution in [3.63, 3.8) is 0 Å². The first-order valence-corrected chi connectivity index (χ1v) is 5.63. The highest BCUT2D eigenvalue weighted by atomic mass is 16.1. The lowest BCUT2D eigenvalue weighted by Gasteiger charge is -2.08. The van der Waals surface area contributed by atoms with E-state index in [2.05, 4.69) is 10.3 Å². The minimum atomic E-state index is -0.278. The highest BCUT2D eigenvalue weighted by Gasteiger charge is 2.12. The van der Waals surface area contributed by atoms with E-state index in [0.717, 1.165) is 22.0 Å². The van der Waals surface area contributed by atoms with Crippen molar-refractivity contribution in [1.29, 1.82) is 0 Å². The number of hydrogen-bond acceptors (Lipinski definition) is 3. The van der Waals surface area contributed by atoms with Gasteiger partial charge < -0.3 is 16.0 Å². The summed E-state index contributed by atoms with van der Waals surface area (Å²) in [5.41, 5.74) is 8.99. The van der Waals surface area contributed by atoms with E-state index in [-0.39, 0.29) is 6.04 Å². The molecular formula is C13H16N3O. The second kappa shape index (κ2) is 5.12. The maximum Gasteiger partial charge on any atom is 0.217 e. The molecule has 0 saturated heterocycles. The van der Waals surface area contributed by atoms with Gasteiger partial charge in [-0.3, -0.25) is 4.79 Å². The van der Waals surface area contributed by atoms with Gasteiger partial charge in [0, 0.05) is 23.6 Å². The zero-order valence-corrected chi connectivity index (χ0v) is 9.79. The van der Waals surface area contributed by atoms with Crippen molar-refractivity contribution in [3.05, 3.63) is 35.5 Å². The lowest BCUT2D eigenvalue weighted by Crippen LogP contribution is -2.28. The third-order valence-corrected chi connectivity index (χ3v) is 3.01. The summed E-state index contributed by atoms with van der Waals surface area (Å²) in [6.07, 6.45) is 4.54. The van der Waals surface area contributed by atoms with Gasteiger partial charge >= 0.3 is 0 Å². The highest BCUT2D eigenvalue weighted by molar-refractivity contribution is 5.87. The van der Waals surface area contributed by atoms with Gasteiger partial charge in [-0.2, -0.15) is 0 Å². The summed E-state index contributed by atoms with van der Waals surface area (Å²) in [4.78, 5) is 13.9. The molecule has 89 valence electrons. The lowest BCUT2D eigenvalue weighted by molar-refractivity contribution is 0.526. The molecule has 0 unspecified atom stereocenters. The number of carbonyl (C=O) groups excluding carboxylic acids is 1. The Balaban J connectivity index is 2.43. The molecule has 0 spiro atoms. The zero-order chi connectivity index (χ0) is 12.3. The summed E-state index contributed by atoms with van der Waals surface area (Å²) in [7, 11) is 1.76. The Morgan fingerprint density at radius 2 is 2.29 bits per heavy atom. The molecule has 0 aliphatic heterocycles. The van der Waals surface area contributed by atoms with Crippen LogP contribution in [0.3, 0.4) is 0 Å². The SMILES string of the molecule is CN[C@H]([C]=O)Cc1c[nH]c2cccc(CN)c12. The molecule has 2 aromatic rings. The van der Waals surface area contributed by atoms with E-state index >= 15 is 0 Å². The monoisotopic (exact) mass is 230 g/mol. The zero-order valence-electron chi connectivity index (χ0n) is 9.79. The average Bonchev–Trinajstić information content (AvgIpc) is 2.79. The predicted molar refractivity (Wildman–Crippen MR) is 68.4 cm³/mol. The molecule has 0 amide bonds. The molecule has 0 saturated carbocycles. The molecule has 2 rings (SSSR count). The Hall–Kier alpha value is -1.65. The van der Waals surface area contributed by atoms with Crippen LogP contribution in [0.2, 0.25) is 0 Å². The van der Waals surface area contributed by atoms with Crippen molar-refractivity contribution in [2.24, 2.45) is 5.73 Å². The molecule has 0 fully saturated rings. The molecule has 1 radical (unpaired) electrons. The van der Waals surface area contributed by atoms with Crippen molar-refractivity contribution in [2.75, 3.05) is 7.05 Å². The minimum absolute atomic E-state index is 0.278. The second-order valence-electron chi connectivity index (χ2n) is 4.02. The van der Waals surface area contributed by atoms with Crippen LogP contribution in [0.15, 0.2) is 24.4 Å². The van der Waals surface area contributed by atoms with Crippen LogP contribution in [-0.2, 0) is 17.8 Å². The van der Waals surface area contributed by atoms with E-state index in [9.17, 15) is 4.79 Å². The third-order valence-electron chi connectivity index (χ3n) is 3.01. The molecule has 0 aliphatic rings. The summed E-state index contributed by atoms with van der Waals surface area (Å²) < 4.78 is 0. The standard InChI is InChI=1S/C13H16N3O/c1-15-11(8-17)5-10-7-16-12-4-2-3-9(6-14)13(10)12/h2-4,7,11,15-16H,5-6,14H2,1H3/t11-/m0/s1. The molecule has 1 atom stereocenters. The normalized spacial score (nSPS) is 12.8. The number of nitrogens with two attached hydrogens (primary N) is 1. The lowest BCUT2D eigenvalue weighted by atomic mass is 10.0. The maximum atomic E-state index is 10.7. The Morgan fingerprint density at radius 3 is 2.94 bits per heavy atom. The number of H-pyrrole nitrogens is 1. The fourth-order valence-corrected chi connectivity index (χ4v) is 2.09. The Bertz CT molecular complexity index is 518. The van der Waals surface area contributed by atoms with Crippen molar-refractivity contribution in [1.82, 2.24) is 10.3 Å². The molecule has 0 bridgehead atoms. The average molecular weight is 230 g/mol. The van der Waals surface area contributed by atoms with Crippen molar-refractivity contribution in [3.8, 4) is 0 Å². The molecule has 1 aromatic heterocycles. The second-order valence-corrected chi connectivity index (χ2v) is 4.02. The van der Waals surface area contributed by atoms with Gasteiger partial charge in [0.05, 0.1) is 6.04 Å². The molecular weight excluding hydrogens is 214 g/mol. The minimum Gasteiger partial charge on any atom is -0.361 e. The number of rotatable bonds is 5. The first-order chi connectivity index (χ1) is 8.30. The van der Waals surface area contributed by atoms with Gasteiger partial charge in [0.2, 0.25) is 6.29 Å². The largest absolute Gasteiger partial charge is 0.361 e. The molecule has 0 aliphatic carbocycles. The van der Waals surface area contributed by atoms with Crippen LogP contribution < -0.4 is 11.1 Å². The van der Waals surface area contributed by atoms with Crippen LogP contribution >= 0.6 is 0 Å². The number of likely N-dealkylation sites (N-methyl/N-ethyl adjacent to an activating group) is 1. The summed E-state index contributed by atoms with van der Waals surface area (Å²) in [5, 5.41) is 4.05. The molecule has 4 nitrogen and oxygen atoms in total. The fourth-order valence-electron chi connectivity index (χ4n) is 2.09. The van der Waals surface area contributed by atoms with Crippen LogP contribution in [0.4, 0.5) is 0 Å². The third kappa shape index (κ3) is 2.23. The molecule has 4 N–H and O–H groups in total. The number of benzene rings is 1. The van der Waals surface area contributed by atoms with E-state index in [1.54, 1.807) is 7.05 Å². The smallest absolute Gasteiger partial charge is 0.217 e. The van der Waals surface area contributed by atoms with Gasteiger partial charge in [0.1, 0.15) is 0 Å². The van der Waals surface area contributed by atoms with Crippen LogP contribution in [0, 0.1) is 0 Å².